The Balaban J connectivity index is 1.74. The summed E-state index contributed by atoms with van der Waals surface area (Å²) in [4.78, 5) is 3.53. The summed E-state index contributed by atoms with van der Waals surface area (Å²) in [7, 11) is 0. The van der Waals surface area contributed by atoms with E-state index >= 15 is 0 Å². The van der Waals surface area contributed by atoms with E-state index in [0.29, 0.717) is 5.92 Å². The molecule has 24 heavy (non-hydrogen) atoms. The van der Waals surface area contributed by atoms with Gasteiger partial charge in [-0.1, -0.05) is 37.2 Å². The summed E-state index contributed by atoms with van der Waals surface area (Å²) in [6.07, 6.45) is -3.52. The molecule has 1 atom stereocenters. The van der Waals surface area contributed by atoms with Crippen LogP contribution in [0, 0.1) is 0 Å². The first-order chi connectivity index (χ1) is 11.5. The Morgan fingerprint density at radius 2 is 2.04 bits per heavy atom. The number of hydrogen-bond acceptors (Lipinski definition) is 6. The largest absolute Gasteiger partial charge is 0.491 e. The summed E-state index contributed by atoms with van der Waals surface area (Å²) in [5, 5.41) is 15.9. The molecule has 1 unspecified atom stereocenters. The van der Waals surface area contributed by atoms with E-state index < -0.39 is 18.4 Å². The van der Waals surface area contributed by atoms with Crippen LogP contribution in [0.1, 0.15) is 43.5 Å². The second kappa shape index (κ2) is 8.70. The number of aliphatic hydroxyl groups excluding tert-OH is 1. The van der Waals surface area contributed by atoms with Crippen LogP contribution in [-0.2, 0) is 6.54 Å². The van der Waals surface area contributed by atoms with Crippen molar-refractivity contribution in [2.45, 2.75) is 38.8 Å². The molecule has 6 nitrogen and oxygen atoms in total. The number of halogens is 2. The highest BCUT2D eigenvalue weighted by Crippen LogP contribution is 2.25. The Morgan fingerprint density at radius 3 is 2.71 bits per heavy atom. The molecule has 0 saturated heterocycles. The van der Waals surface area contributed by atoms with Gasteiger partial charge in [0.05, 0.1) is 6.54 Å². The Morgan fingerprint density at radius 1 is 1.29 bits per heavy atom. The van der Waals surface area contributed by atoms with E-state index in [9.17, 15) is 13.9 Å². The van der Waals surface area contributed by atoms with Crippen molar-refractivity contribution in [1.82, 2.24) is 15.5 Å². The Kier molecular flexibility index (Phi) is 6.62. The first-order valence-corrected chi connectivity index (χ1v) is 7.68. The standard InChI is InChI=1S/C16H21F2N3O3/c1-10(2)12-5-3-4-6-13(12)23-9-11(22)7-19-8-14-20-16(15(17)18)21-24-14/h3-6,10-11,15,19,22H,7-9H2,1-2H3. The van der Waals surface area contributed by atoms with Crippen molar-refractivity contribution in [3.63, 3.8) is 0 Å². The summed E-state index contributed by atoms with van der Waals surface area (Å²) >= 11 is 0. The molecule has 0 aliphatic rings. The number of alkyl halides is 2. The first kappa shape index (κ1) is 18.3. The topological polar surface area (TPSA) is 80.4 Å². The fraction of sp³-hybridized carbons (Fsp3) is 0.500. The third-order valence-electron chi connectivity index (χ3n) is 3.31. The molecule has 8 heteroatoms. The van der Waals surface area contributed by atoms with Crippen LogP contribution < -0.4 is 10.1 Å². The van der Waals surface area contributed by atoms with Crippen LogP contribution in [0.3, 0.4) is 0 Å². The van der Waals surface area contributed by atoms with Crippen LogP contribution in [0.4, 0.5) is 8.78 Å². The maximum atomic E-state index is 12.3. The lowest BCUT2D eigenvalue weighted by Gasteiger charge is -2.16. The number of aliphatic hydroxyl groups is 1. The van der Waals surface area contributed by atoms with Gasteiger partial charge >= 0.3 is 6.43 Å². The van der Waals surface area contributed by atoms with Crippen LogP contribution in [0.2, 0.25) is 0 Å². The highest BCUT2D eigenvalue weighted by atomic mass is 19.3. The van der Waals surface area contributed by atoms with Crippen LogP contribution >= 0.6 is 0 Å². The van der Waals surface area contributed by atoms with Gasteiger partial charge in [-0.25, -0.2) is 8.78 Å². The Hall–Kier alpha value is -2.06. The normalized spacial score (nSPS) is 12.8. The minimum atomic E-state index is -2.76. The Bertz CT molecular complexity index is 635. The van der Waals surface area contributed by atoms with Gasteiger partial charge in [0.1, 0.15) is 18.5 Å². The molecule has 1 heterocycles. The summed E-state index contributed by atoms with van der Waals surface area (Å²) in [6, 6.07) is 7.67. The molecule has 2 N–H and O–H groups in total. The van der Waals surface area contributed by atoms with E-state index in [1.807, 2.05) is 24.3 Å². The molecule has 0 aliphatic heterocycles. The molecule has 0 fully saturated rings. The predicted molar refractivity (Wildman–Crippen MR) is 83.0 cm³/mol. The van der Waals surface area contributed by atoms with Gasteiger partial charge in [-0.15, -0.1) is 0 Å². The zero-order valence-electron chi connectivity index (χ0n) is 13.6. The fourth-order valence-electron chi connectivity index (χ4n) is 2.11. The minimum absolute atomic E-state index is 0.0450. The quantitative estimate of drug-likeness (QED) is 0.730. The second-order valence-corrected chi connectivity index (χ2v) is 5.64. The van der Waals surface area contributed by atoms with E-state index in [-0.39, 0.29) is 25.6 Å². The zero-order chi connectivity index (χ0) is 17.5. The maximum Gasteiger partial charge on any atom is 0.300 e. The van der Waals surface area contributed by atoms with Crippen molar-refractivity contribution in [2.75, 3.05) is 13.2 Å². The van der Waals surface area contributed by atoms with Crippen LogP contribution in [0.15, 0.2) is 28.8 Å². The van der Waals surface area contributed by atoms with Crippen LogP contribution in [-0.4, -0.2) is 34.5 Å². The van der Waals surface area contributed by atoms with Gasteiger partial charge in [0.2, 0.25) is 11.7 Å². The molecule has 0 amide bonds. The van der Waals surface area contributed by atoms with Crippen molar-refractivity contribution in [3.05, 3.63) is 41.5 Å². The van der Waals surface area contributed by atoms with Crippen molar-refractivity contribution >= 4 is 0 Å². The summed E-state index contributed by atoms with van der Waals surface area (Å²) in [6.45, 7) is 4.55. The SMILES string of the molecule is CC(C)c1ccccc1OCC(O)CNCc1nc(C(F)F)no1. The molecular weight excluding hydrogens is 320 g/mol. The number of nitrogens with zero attached hydrogens (tertiary/aromatic N) is 2. The summed E-state index contributed by atoms with van der Waals surface area (Å²) < 4.78 is 35.0. The monoisotopic (exact) mass is 341 g/mol. The van der Waals surface area contributed by atoms with E-state index in [4.69, 9.17) is 4.74 Å². The first-order valence-electron chi connectivity index (χ1n) is 7.68. The minimum Gasteiger partial charge on any atom is -0.491 e. The van der Waals surface area contributed by atoms with Crippen molar-refractivity contribution in [3.8, 4) is 5.75 Å². The lowest BCUT2D eigenvalue weighted by molar-refractivity contribution is 0.105. The molecule has 0 bridgehead atoms. The number of para-hydroxylation sites is 1. The molecule has 132 valence electrons. The highest BCUT2D eigenvalue weighted by Gasteiger charge is 2.16. The average molecular weight is 341 g/mol. The highest BCUT2D eigenvalue weighted by molar-refractivity contribution is 5.35. The third kappa shape index (κ3) is 5.24. The molecule has 0 aliphatic carbocycles. The smallest absolute Gasteiger partial charge is 0.300 e. The number of hydrogen-bond donors (Lipinski definition) is 2. The molecule has 2 aromatic rings. The van der Waals surface area contributed by atoms with Crippen molar-refractivity contribution in [2.24, 2.45) is 0 Å². The van der Waals surface area contributed by atoms with Gasteiger partial charge < -0.3 is 19.7 Å². The van der Waals surface area contributed by atoms with Crippen molar-refractivity contribution in [1.29, 1.82) is 0 Å². The van der Waals surface area contributed by atoms with Crippen molar-refractivity contribution < 1.29 is 23.1 Å². The number of rotatable bonds is 9. The molecule has 1 aromatic heterocycles. The van der Waals surface area contributed by atoms with E-state index in [0.717, 1.165) is 11.3 Å². The third-order valence-corrected chi connectivity index (χ3v) is 3.31. The van der Waals surface area contributed by atoms with E-state index in [2.05, 4.69) is 33.8 Å². The molecule has 2 rings (SSSR count). The average Bonchev–Trinajstić information content (AvgIpc) is 3.02. The number of nitrogens with one attached hydrogen (secondary N) is 1. The molecule has 1 aromatic carbocycles. The Labute approximate surface area is 138 Å². The van der Waals surface area contributed by atoms with Gasteiger partial charge in [0.25, 0.3) is 0 Å². The lowest BCUT2D eigenvalue weighted by atomic mass is 10.0. The molecule has 0 radical (unpaired) electrons. The summed E-state index contributed by atoms with van der Waals surface area (Å²) in [5.74, 6) is 0.465. The number of ether oxygens (including phenoxy) is 1. The van der Waals surface area contributed by atoms with Crippen LogP contribution in [0.25, 0.3) is 0 Å². The van der Waals surface area contributed by atoms with Gasteiger partial charge in [-0.05, 0) is 17.5 Å². The molecule has 0 saturated carbocycles. The maximum absolute atomic E-state index is 12.3. The van der Waals surface area contributed by atoms with Crippen LogP contribution in [0.5, 0.6) is 5.75 Å². The summed E-state index contributed by atoms with van der Waals surface area (Å²) in [5.41, 5.74) is 1.07. The van der Waals surface area contributed by atoms with Gasteiger partial charge in [0, 0.05) is 6.54 Å². The van der Waals surface area contributed by atoms with Gasteiger partial charge in [-0.3, -0.25) is 0 Å². The molecule has 0 spiro atoms. The van der Waals surface area contributed by atoms with Gasteiger partial charge in [0.15, 0.2) is 0 Å². The predicted octanol–water partition coefficient (Wildman–Crippen LogP) is 2.66. The fourth-order valence-corrected chi connectivity index (χ4v) is 2.11. The van der Waals surface area contributed by atoms with E-state index in [1.54, 1.807) is 0 Å². The lowest BCUT2D eigenvalue weighted by Crippen LogP contribution is -2.31. The number of aromatic nitrogens is 2. The molecular formula is C16H21F2N3O3. The zero-order valence-corrected chi connectivity index (χ0v) is 13.6. The number of benzene rings is 1. The van der Waals surface area contributed by atoms with E-state index in [1.165, 1.54) is 0 Å². The van der Waals surface area contributed by atoms with Gasteiger partial charge in [-0.2, -0.15) is 4.98 Å². The second-order valence-electron chi connectivity index (χ2n) is 5.64.